The average Bonchev–Trinajstić information content (AvgIpc) is 2.55. The first-order chi connectivity index (χ1) is 8.11. The molecule has 1 heterocycles. The Hall–Kier alpha value is -1.55. The molecule has 0 radical (unpaired) electrons. The number of esters is 2. The Labute approximate surface area is 103 Å². The summed E-state index contributed by atoms with van der Waals surface area (Å²) in [7, 11) is 0. The van der Waals surface area contributed by atoms with E-state index in [4.69, 9.17) is 21.1 Å². The van der Waals surface area contributed by atoms with E-state index in [1.807, 2.05) is 0 Å². The Kier molecular flexibility index (Phi) is 3.33. The molecule has 0 saturated carbocycles. The van der Waals surface area contributed by atoms with Crippen molar-refractivity contribution in [2.75, 3.05) is 6.61 Å². The first-order valence-corrected chi connectivity index (χ1v) is 5.65. The second kappa shape index (κ2) is 4.75. The molecule has 17 heavy (non-hydrogen) atoms. The van der Waals surface area contributed by atoms with Crippen LogP contribution in [0.4, 0.5) is 0 Å². The van der Waals surface area contributed by atoms with Crippen molar-refractivity contribution in [1.29, 1.82) is 0 Å². The van der Waals surface area contributed by atoms with Gasteiger partial charge in [-0.2, -0.15) is 0 Å². The van der Waals surface area contributed by atoms with Crippen LogP contribution in [-0.4, -0.2) is 18.5 Å². The van der Waals surface area contributed by atoms with Gasteiger partial charge in [-0.1, -0.05) is 11.6 Å². The number of hydrogen-bond acceptors (Lipinski definition) is 4. The highest BCUT2D eigenvalue weighted by Crippen LogP contribution is 2.34. The zero-order valence-electron chi connectivity index (χ0n) is 9.23. The molecule has 0 amide bonds. The lowest BCUT2D eigenvalue weighted by Crippen LogP contribution is -2.10. The number of rotatable bonds is 3. The zero-order valence-corrected chi connectivity index (χ0v) is 9.99. The van der Waals surface area contributed by atoms with Crippen molar-refractivity contribution in [1.82, 2.24) is 0 Å². The van der Waals surface area contributed by atoms with Gasteiger partial charge in [0.1, 0.15) is 6.10 Å². The second-order valence-electron chi connectivity index (χ2n) is 3.63. The van der Waals surface area contributed by atoms with Gasteiger partial charge in [-0.25, -0.2) is 4.79 Å². The molecule has 0 N–H and O–H groups in total. The van der Waals surface area contributed by atoms with Crippen LogP contribution in [0, 0.1) is 0 Å². The molecule has 1 aliphatic rings. The summed E-state index contributed by atoms with van der Waals surface area (Å²) in [5.41, 5.74) is 1.11. The van der Waals surface area contributed by atoms with Crippen LogP contribution in [0.5, 0.6) is 0 Å². The van der Waals surface area contributed by atoms with Crippen LogP contribution in [0.2, 0.25) is 5.02 Å². The molecule has 1 unspecified atom stereocenters. The molecule has 1 aromatic rings. The van der Waals surface area contributed by atoms with Crippen LogP contribution >= 0.6 is 11.6 Å². The topological polar surface area (TPSA) is 52.6 Å². The smallest absolute Gasteiger partial charge is 0.339 e. The number of carbonyl (C=O) groups is 2. The Morgan fingerprint density at radius 3 is 3.00 bits per heavy atom. The average molecular weight is 255 g/mol. The summed E-state index contributed by atoms with van der Waals surface area (Å²) >= 11 is 5.85. The first kappa shape index (κ1) is 11.9. The normalized spacial score (nSPS) is 17.5. The van der Waals surface area contributed by atoms with Crippen molar-refractivity contribution in [2.24, 2.45) is 0 Å². The fourth-order valence-corrected chi connectivity index (χ4v) is 1.95. The molecule has 5 heteroatoms. The summed E-state index contributed by atoms with van der Waals surface area (Å²) in [6, 6.07) is 4.87. The van der Waals surface area contributed by atoms with Crippen LogP contribution in [0.15, 0.2) is 18.2 Å². The number of benzene rings is 1. The Morgan fingerprint density at radius 2 is 2.29 bits per heavy atom. The van der Waals surface area contributed by atoms with Crippen molar-refractivity contribution < 1.29 is 19.1 Å². The maximum Gasteiger partial charge on any atom is 0.339 e. The third-order valence-electron chi connectivity index (χ3n) is 2.49. The molecule has 0 aliphatic carbocycles. The predicted molar refractivity (Wildman–Crippen MR) is 60.9 cm³/mol. The molecule has 0 aromatic heterocycles. The van der Waals surface area contributed by atoms with Gasteiger partial charge in [0.15, 0.2) is 0 Å². The maximum absolute atomic E-state index is 11.5. The minimum Gasteiger partial charge on any atom is -0.466 e. The van der Waals surface area contributed by atoms with E-state index in [0.29, 0.717) is 22.8 Å². The minimum absolute atomic E-state index is 0.0208. The number of cyclic esters (lactones) is 1. The number of carbonyl (C=O) groups excluding carboxylic acids is 2. The van der Waals surface area contributed by atoms with Crippen molar-refractivity contribution in [3.63, 3.8) is 0 Å². The number of hydrogen-bond donors (Lipinski definition) is 0. The summed E-state index contributed by atoms with van der Waals surface area (Å²) in [5.74, 6) is -0.816. The van der Waals surface area contributed by atoms with Crippen LogP contribution in [0.25, 0.3) is 0 Å². The molecule has 1 atom stereocenters. The fraction of sp³-hybridized carbons (Fsp3) is 0.333. The lowest BCUT2D eigenvalue weighted by Gasteiger charge is -2.09. The van der Waals surface area contributed by atoms with Crippen molar-refractivity contribution >= 4 is 23.5 Å². The molecule has 1 aliphatic heterocycles. The molecule has 0 fully saturated rings. The molecule has 0 spiro atoms. The van der Waals surface area contributed by atoms with E-state index >= 15 is 0 Å². The van der Waals surface area contributed by atoms with Crippen LogP contribution < -0.4 is 0 Å². The summed E-state index contributed by atoms with van der Waals surface area (Å²) < 4.78 is 9.93. The molecule has 2 rings (SSSR count). The van der Waals surface area contributed by atoms with Gasteiger partial charge in [0.2, 0.25) is 0 Å². The first-order valence-electron chi connectivity index (χ1n) is 5.28. The summed E-state index contributed by atoms with van der Waals surface area (Å²) in [5, 5.41) is 0.510. The third-order valence-corrected chi connectivity index (χ3v) is 2.72. The number of fused-ring (bicyclic) bond motifs is 1. The molecular weight excluding hydrogens is 244 g/mol. The van der Waals surface area contributed by atoms with E-state index in [-0.39, 0.29) is 6.42 Å². The van der Waals surface area contributed by atoms with Gasteiger partial charge in [-0.15, -0.1) is 0 Å². The van der Waals surface area contributed by atoms with Crippen molar-refractivity contribution in [3.05, 3.63) is 34.3 Å². The molecule has 90 valence electrons. The monoisotopic (exact) mass is 254 g/mol. The summed E-state index contributed by atoms with van der Waals surface area (Å²) in [6.45, 7) is 2.03. The van der Waals surface area contributed by atoms with Crippen LogP contribution in [0.3, 0.4) is 0 Å². The fourth-order valence-electron chi connectivity index (χ4n) is 1.76. The Bertz CT molecular complexity index is 470. The SMILES string of the molecule is CCOC(=O)CC1OC(=O)c2ccc(Cl)cc21. The van der Waals surface area contributed by atoms with E-state index in [1.165, 1.54) is 0 Å². The standard InChI is InChI=1S/C12H11ClO4/c1-2-16-11(14)6-10-9-5-7(13)3-4-8(9)12(15)17-10/h3-5,10H,2,6H2,1H3. The van der Waals surface area contributed by atoms with Crippen molar-refractivity contribution in [3.8, 4) is 0 Å². The third kappa shape index (κ3) is 2.42. The number of ether oxygens (including phenoxy) is 2. The van der Waals surface area contributed by atoms with Gasteiger partial charge in [-0.3, -0.25) is 4.79 Å². The largest absolute Gasteiger partial charge is 0.466 e. The highest BCUT2D eigenvalue weighted by Gasteiger charge is 2.32. The highest BCUT2D eigenvalue weighted by atomic mass is 35.5. The van der Waals surface area contributed by atoms with Gasteiger partial charge >= 0.3 is 11.9 Å². The Balaban J connectivity index is 2.21. The quantitative estimate of drug-likeness (QED) is 0.778. The predicted octanol–water partition coefficient (Wildman–Crippen LogP) is 2.50. The molecular formula is C12H11ClO4. The van der Waals surface area contributed by atoms with E-state index < -0.39 is 18.0 Å². The van der Waals surface area contributed by atoms with Crippen LogP contribution in [-0.2, 0) is 14.3 Å². The van der Waals surface area contributed by atoms with E-state index in [1.54, 1.807) is 25.1 Å². The van der Waals surface area contributed by atoms with Gasteiger partial charge in [0.05, 0.1) is 18.6 Å². The van der Waals surface area contributed by atoms with Crippen LogP contribution in [0.1, 0.15) is 35.4 Å². The number of halogens is 1. The molecule has 0 saturated heterocycles. The lowest BCUT2D eigenvalue weighted by molar-refractivity contribution is -0.145. The van der Waals surface area contributed by atoms with E-state index in [0.717, 1.165) is 0 Å². The Morgan fingerprint density at radius 1 is 1.53 bits per heavy atom. The summed E-state index contributed by atoms with van der Waals surface area (Å²) in [6.07, 6.45) is -0.567. The molecule has 1 aromatic carbocycles. The minimum atomic E-state index is -0.588. The van der Waals surface area contributed by atoms with Gasteiger partial charge < -0.3 is 9.47 Å². The second-order valence-corrected chi connectivity index (χ2v) is 4.07. The lowest BCUT2D eigenvalue weighted by atomic mass is 10.0. The zero-order chi connectivity index (χ0) is 12.4. The van der Waals surface area contributed by atoms with E-state index in [2.05, 4.69) is 0 Å². The van der Waals surface area contributed by atoms with Crippen molar-refractivity contribution in [2.45, 2.75) is 19.4 Å². The summed E-state index contributed by atoms with van der Waals surface area (Å²) in [4.78, 5) is 22.9. The molecule has 0 bridgehead atoms. The van der Waals surface area contributed by atoms with Gasteiger partial charge in [0.25, 0.3) is 0 Å². The van der Waals surface area contributed by atoms with E-state index in [9.17, 15) is 9.59 Å². The van der Waals surface area contributed by atoms with Gasteiger partial charge in [-0.05, 0) is 25.1 Å². The highest BCUT2D eigenvalue weighted by molar-refractivity contribution is 6.30. The van der Waals surface area contributed by atoms with Gasteiger partial charge in [0, 0.05) is 10.6 Å². The molecule has 4 nitrogen and oxygen atoms in total. The maximum atomic E-state index is 11.5.